The second-order valence-corrected chi connectivity index (χ2v) is 7.33. The lowest BCUT2D eigenvalue weighted by molar-refractivity contribution is 0.0978. The fourth-order valence-corrected chi connectivity index (χ4v) is 3.67. The molecule has 0 atom stereocenters. The number of Topliss-reactive ketones (excluding diaryl/α,β-unsaturated/α-hetero) is 2. The smallest absolute Gasteiger partial charge is 0.225 e. The molecule has 1 N–H and O–H groups in total. The number of carbonyl (C=O) groups excluding carboxylic acids is 2. The Kier molecular flexibility index (Phi) is 5.06. The predicted molar refractivity (Wildman–Crippen MR) is 105 cm³/mol. The normalized spacial score (nSPS) is 17.6. The molecular weight excluding hydrogens is 402 g/mol. The molecule has 1 aliphatic heterocycles. The lowest BCUT2D eigenvalue weighted by Gasteiger charge is -2.34. The molecule has 0 bridgehead atoms. The van der Waals surface area contributed by atoms with Crippen LogP contribution in [0.15, 0.2) is 41.2 Å². The molecule has 0 spiro atoms. The molecule has 9 heteroatoms. The molecule has 1 fully saturated rings. The van der Waals surface area contributed by atoms with Gasteiger partial charge in [0.2, 0.25) is 11.6 Å². The molecule has 2 heterocycles. The quantitative estimate of drug-likeness (QED) is 0.826. The molecule has 0 saturated carbocycles. The number of ketones is 2. The summed E-state index contributed by atoms with van der Waals surface area (Å²) < 4.78 is 29.4. The summed E-state index contributed by atoms with van der Waals surface area (Å²) in [4.78, 5) is 32.7. The van der Waals surface area contributed by atoms with Crippen LogP contribution in [0.2, 0.25) is 0 Å². The molecule has 2 aromatic rings. The number of nitrogens with zero attached hydrogens (tertiary/aromatic N) is 3. The number of rotatable bonds is 3. The number of piperazine rings is 1. The Balaban J connectivity index is 1.64. The van der Waals surface area contributed by atoms with Crippen molar-refractivity contribution in [1.82, 2.24) is 9.88 Å². The van der Waals surface area contributed by atoms with E-state index in [9.17, 15) is 18.4 Å². The summed E-state index contributed by atoms with van der Waals surface area (Å²) in [5.74, 6) is -2.71. The van der Waals surface area contributed by atoms with Crippen LogP contribution in [0.25, 0.3) is 0 Å². The van der Waals surface area contributed by atoms with Crippen molar-refractivity contribution in [1.29, 1.82) is 0 Å². The van der Waals surface area contributed by atoms with Gasteiger partial charge >= 0.3 is 0 Å². The highest BCUT2D eigenvalue weighted by Gasteiger charge is 2.33. The van der Waals surface area contributed by atoms with E-state index in [1.807, 2.05) is 7.05 Å². The average Bonchev–Trinajstić information content (AvgIpc) is 2.70. The summed E-state index contributed by atoms with van der Waals surface area (Å²) in [7, 11) is 1.95. The van der Waals surface area contributed by atoms with Crippen LogP contribution in [-0.4, -0.2) is 54.7 Å². The number of pyridine rings is 1. The maximum atomic E-state index is 14.7. The van der Waals surface area contributed by atoms with Crippen LogP contribution in [0.3, 0.4) is 0 Å². The van der Waals surface area contributed by atoms with Crippen molar-refractivity contribution in [3.05, 3.63) is 64.1 Å². The van der Waals surface area contributed by atoms with Crippen molar-refractivity contribution in [3.63, 3.8) is 0 Å². The van der Waals surface area contributed by atoms with E-state index < -0.39 is 23.2 Å². The van der Waals surface area contributed by atoms with Crippen molar-refractivity contribution in [2.75, 3.05) is 43.4 Å². The Morgan fingerprint density at radius 2 is 1.72 bits per heavy atom. The van der Waals surface area contributed by atoms with Crippen LogP contribution in [0, 0.1) is 11.6 Å². The molecule has 150 valence electrons. The number of benzene rings is 1. The van der Waals surface area contributed by atoms with Gasteiger partial charge in [0.25, 0.3) is 0 Å². The van der Waals surface area contributed by atoms with E-state index in [4.69, 9.17) is 11.6 Å². The van der Waals surface area contributed by atoms with Gasteiger partial charge in [-0.15, -0.1) is 0 Å². The molecular formula is C20H17ClF2N4O2. The van der Waals surface area contributed by atoms with E-state index in [1.165, 1.54) is 18.3 Å². The third-order valence-electron chi connectivity index (χ3n) is 5.02. The fourth-order valence-electron chi connectivity index (χ4n) is 3.45. The van der Waals surface area contributed by atoms with Crippen molar-refractivity contribution in [2.45, 2.75) is 0 Å². The molecule has 4 rings (SSSR count). The highest BCUT2D eigenvalue weighted by Crippen LogP contribution is 2.32. The van der Waals surface area contributed by atoms with Crippen LogP contribution in [0.1, 0.15) is 20.8 Å². The van der Waals surface area contributed by atoms with E-state index in [0.29, 0.717) is 26.2 Å². The molecule has 1 aromatic carbocycles. The predicted octanol–water partition coefficient (Wildman–Crippen LogP) is 3.05. The molecule has 0 unspecified atom stereocenters. The summed E-state index contributed by atoms with van der Waals surface area (Å²) in [5, 5.41) is 2.24. The molecule has 1 aliphatic carbocycles. The Labute approximate surface area is 170 Å². The first-order valence-corrected chi connectivity index (χ1v) is 9.38. The van der Waals surface area contributed by atoms with Crippen molar-refractivity contribution >= 4 is 34.5 Å². The molecule has 1 aromatic heterocycles. The summed E-state index contributed by atoms with van der Waals surface area (Å²) in [6.07, 6.45) is 1.38. The second-order valence-electron chi connectivity index (χ2n) is 6.95. The van der Waals surface area contributed by atoms with E-state index in [-0.39, 0.29) is 33.4 Å². The van der Waals surface area contributed by atoms with Gasteiger partial charge in [-0.1, -0.05) is 11.6 Å². The van der Waals surface area contributed by atoms with Gasteiger partial charge in [0.15, 0.2) is 11.6 Å². The van der Waals surface area contributed by atoms with E-state index >= 15 is 0 Å². The van der Waals surface area contributed by atoms with E-state index in [1.54, 1.807) is 4.90 Å². The third kappa shape index (κ3) is 3.49. The van der Waals surface area contributed by atoms with Crippen LogP contribution in [0.5, 0.6) is 0 Å². The maximum absolute atomic E-state index is 14.7. The molecule has 0 radical (unpaired) electrons. The number of carbonyl (C=O) groups is 2. The first kappa shape index (κ1) is 19.5. The number of aromatic nitrogens is 1. The van der Waals surface area contributed by atoms with E-state index in [0.717, 1.165) is 12.1 Å². The number of nitrogens with one attached hydrogen (secondary N) is 1. The Morgan fingerprint density at radius 3 is 2.38 bits per heavy atom. The Morgan fingerprint density at radius 1 is 1.07 bits per heavy atom. The number of likely N-dealkylation sites (N-methyl/N-ethyl adjacent to an activating group) is 1. The lowest BCUT2D eigenvalue weighted by atomic mass is 9.96. The van der Waals surface area contributed by atoms with Crippen LogP contribution < -0.4 is 10.2 Å². The zero-order chi connectivity index (χ0) is 20.7. The maximum Gasteiger partial charge on any atom is 0.225 e. The van der Waals surface area contributed by atoms with Crippen LogP contribution >= 0.6 is 11.6 Å². The average molecular weight is 419 g/mol. The van der Waals surface area contributed by atoms with Gasteiger partial charge in [-0.05, 0) is 31.3 Å². The minimum atomic E-state index is -0.759. The number of fused-ring (bicyclic) bond motifs is 1. The number of hydrogen-bond acceptors (Lipinski definition) is 6. The highest BCUT2D eigenvalue weighted by atomic mass is 35.5. The fraction of sp³-hybridized carbons (Fsp3) is 0.250. The first-order chi connectivity index (χ1) is 13.9. The lowest BCUT2D eigenvalue weighted by Crippen LogP contribution is -2.45. The first-order valence-electron chi connectivity index (χ1n) is 9.00. The van der Waals surface area contributed by atoms with Crippen molar-refractivity contribution in [2.24, 2.45) is 0 Å². The van der Waals surface area contributed by atoms with Crippen LogP contribution in [0.4, 0.5) is 20.2 Å². The van der Waals surface area contributed by atoms with Gasteiger partial charge in [-0.3, -0.25) is 14.6 Å². The number of allylic oxidation sites excluding steroid dienone is 2. The van der Waals surface area contributed by atoms with Crippen molar-refractivity contribution < 1.29 is 18.4 Å². The molecule has 2 aliphatic rings. The molecule has 6 nitrogen and oxygen atoms in total. The minimum absolute atomic E-state index is 0.0143. The Bertz CT molecular complexity index is 1030. The minimum Gasteiger partial charge on any atom is -0.364 e. The zero-order valence-corrected chi connectivity index (χ0v) is 16.3. The summed E-state index contributed by atoms with van der Waals surface area (Å²) >= 11 is 6.06. The van der Waals surface area contributed by atoms with Crippen LogP contribution in [-0.2, 0) is 0 Å². The van der Waals surface area contributed by atoms with Gasteiger partial charge in [0, 0.05) is 38.1 Å². The highest BCUT2D eigenvalue weighted by molar-refractivity contribution is 6.50. The molecule has 1 saturated heterocycles. The number of hydrogen-bond donors (Lipinski definition) is 1. The monoisotopic (exact) mass is 418 g/mol. The van der Waals surface area contributed by atoms with Gasteiger partial charge < -0.3 is 15.1 Å². The number of anilines is 2. The van der Waals surface area contributed by atoms with Crippen molar-refractivity contribution in [3.8, 4) is 0 Å². The topological polar surface area (TPSA) is 65.5 Å². The summed E-state index contributed by atoms with van der Waals surface area (Å²) in [5.41, 5.74) is -0.317. The van der Waals surface area contributed by atoms with E-state index in [2.05, 4.69) is 15.2 Å². The summed E-state index contributed by atoms with van der Waals surface area (Å²) in [6.45, 7) is 2.41. The third-order valence-corrected chi connectivity index (χ3v) is 5.38. The van der Waals surface area contributed by atoms with Gasteiger partial charge in [-0.2, -0.15) is 0 Å². The molecule has 29 heavy (non-hydrogen) atoms. The van der Waals surface area contributed by atoms with Gasteiger partial charge in [0.05, 0.1) is 5.56 Å². The second kappa shape index (κ2) is 7.53. The van der Waals surface area contributed by atoms with Gasteiger partial charge in [-0.25, -0.2) is 8.78 Å². The van der Waals surface area contributed by atoms with Gasteiger partial charge in [0.1, 0.15) is 22.1 Å². The SMILES string of the molecule is CN1CCN(c2c(F)cc(NC3=C(Cl)C(=O)c4ncccc4C3=O)cc2F)CC1. The summed E-state index contributed by atoms with van der Waals surface area (Å²) in [6, 6.07) is 5.14. The Hall–Kier alpha value is -2.84. The largest absolute Gasteiger partial charge is 0.364 e. The zero-order valence-electron chi connectivity index (χ0n) is 15.5. The number of halogens is 3. The standard InChI is InChI=1S/C20H17ClF2N4O2/c1-26-5-7-27(8-6-26)18-13(22)9-11(10-14(18)23)25-17-15(21)20(29)16-12(19(17)28)3-2-4-24-16/h2-4,9-10,25H,5-8H2,1H3. The molecule has 0 amide bonds.